The summed E-state index contributed by atoms with van der Waals surface area (Å²) < 4.78 is 6.87. The van der Waals surface area contributed by atoms with Crippen LogP contribution in [-0.4, -0.2) is 57.8 Å². The highest BCUT2D eigenvalue weighted by molar-refractivity contribution is 9.10. The lowest BCUT2D eigenvalue weighted by atomic mass is 10.1. The van der Waals surface area contributed by atoms with Crippen molar-refractivity contribution in [2.45, 2.75) is 16.4 Å². The van der Waals surface area contributed by atoms with Gasteiger partial charge in [-0.3, -0.25) is 0 Å². The zero-order valence-electron chi connectivity index (χ0n) is 15.3. The fraction of sp³-hybridized carbons (Fsp3) is 0.250. The molecule has 1 saturated heterocycles. The average molecular weight is 479 g/mol. The molecule has 0 amide bonds. The van der Waals surface area contributed by atoms with Gasteiger partial charge in [-0.05, 0) is 33.6 Å². The molecule has 1 fully saturated rings. The molecule has 2 N–H and O–H groups in total. The zero-order chi connectivity index (χ0) is 20.8. The first-order chi connectivity index (χ1) is 13.9. The molecule has 1 aliphatic heterocycles. The molecule has 1 aromatic carbocycles. The van der Waals surface area contributed by atoms with Crippen LogP contribution in [0.25, 0.3) is 0 Å². The Kier molecular flexibility index (Phi) is 7.29. The number of benzene rings is 1. The summed E-state index contributed by atoms with van der Waals surface area (Å²) in [5.41, 5.74) is 0.775. The summed E-state index contributed by atoms with van der Waals surface area (Å²) >= 11 is 4.90. The van der Waals surface area contributed by atoms with Crippen molar-refractivity contribution < 1.29 is 24.5 Å². The first-order valence-electron chi connectivity index (χ1n) is 8.81. The Morgan fingerprint density at radius 2 is 2.00 bits per heavy atom. The summed E-state index contributed by atoms with van der Waals surface area (Å²) in [5.74, 6) is -2.56. The molecule has 0 unspecified atom stereocenters. The highest BCUT2D eigenvalue weighted by atomic mass is 79.9. The molecular formula is C20H19BrN2O5S. The van der Waals surface area contributed by atoms with Gasteiger partial charge in [-0.1, -0.05) is 42.1 Å². The Hall–Kier alpha value is -2.36. The number of rotatable bonds is 7. The van der Waals surface area contributed by atoms with Crippen LogP contribution in [0.5, 0.6) is 0 Å². The number of aliphatic carboxylic acids is 2. The number of aromatic nitrogens is 1. The molecule has 2 atom stereocenters. The van der Waals surface area contributed by atoms with Gasteiger partial charge >= 0.3 is 11.9 Å². The monoisotopic (exact) mass is 478 g/mol. The van der Waals surface area contributed by atoms with Crippen LogP contribution in [0.3, 0.4) is 0 Å². The SMILES string of the molecule is O=C(O)/C=C(/C(=O)O)N1CCO[C@H]([C@@H](Sc2ccc(Br)cn2)c2ccccc2)C1. The average Bonchev–Trinajstić information content (AvgIpc) is 2.72. The molecule has 0 bridgehead atoms. The quantitative estimate of drug-likeness (QED) is 0.461. The van der Waals surface area contributed by atoms with Gasteiger partial charge in [0, 0.05) is 23.8 Å². The number of thioether (sulfide) groups is 1. The van der Waals surface area contributed by atoms with E-state index in [2.05, 4.69) is 20.9 Å². The van der Waals surface area contributed by atoms with Crippen molar-refractivity contribution in [1.29, 1.82) is 0 Å². The van der Waals surface area contributed by atoms with Crippen molar-refractivity contribution in [2.75, 3.05) is 19.7 Å². The fourth-order valence-electron chi connectivity index (χ4n) is 3.05. The normalized spacial score (nSPS) is 18.3. The number of pyridine rings is 1. The van der Waals surface area contributed by atoms with Crippen molar-refractivity contribution in [1.82, 2.24) is 9.88 Å². The van der Waals surface area contributed by atoms with E-state index in [9.17, 15) is 14.7 Å². The van der Waals surface area contributed by atoms with E-state index < -0.39 is 11.9 Å². The highest BCUT2D eigenvalue weighted by Gasteiger charge is 2.33. The number of hydrogen-bond acceptors (Lipinski definition) is 6. The van der Waals surface area contributed by atoms with Crippen LogP contribution in [0.1, 0.15) is 10.8 Å². The van der Waals surface area contributed by atoms with E-state index >= 15 is 0 Å². The maximum absolute atomic E-state index is 11.6. The van der Waals surface area contributed by atoms with E-state index in [-0.39, 0.29) is 23.6 Å². The number of ether oxygens (including phenoxy) is 1. The van der Waals surface area contributed by atoms with Crippen molar-refractivity contribution in [3.63, 3.8) is 0 Å². The number of hydrogen-bond donors (Lipinski definition) is 2. The number of carboxylic acids is 2. The third kappa shape index (κ3) is 5.81. The molecule has 3 rings (SSSR count). The van der Waals surface area contributed by atoms with Gasteiger partial charge in [0.1, 0.15) is 5.70 Å². The highest BCUT2D eigenvalue weighted by Crippen LogP contribution is 2.39. The number of halogens is 1. The van der Waals surface area contributed by atoms with Crippen LogP contribution in [0, 0.1) is 0 Å². The summed E-state index contributed by atoms with van der Waals surface area (Å²) in [6.45, 7) is 0.867. The van der Waals surface area contributed by atoms with E-state index in [0.717, 1.165) is 21.1 Å². The van der Waals surface area contributed by atoms with Gasteiger partial charge in [0.15, 0.2) is 0 Å². The molecule has 2 heterocycles. The van der Waals surface area contributed by atoms with Gasteiger partial charge in [0.25, 0.3) is 0 Å². The number of carbonyl (C=O) groups is 2. The second-order valence-electron chi connectivity index (χ2n) is 6.29. The smallest absolute Gasteiger partial charge is 0.352 e. The third-order valence-electron chi connectivity index (χ3n) is 4.33. The van der Waals surface area contributed by atoms with E-state index in [1.54, 1.807) is 11.1 Å². The van der Waals surface area contributed by atoms with Crippen molar-refractivity contribution >= 4 is 39.6 Å². The summed E-state index contributed by atoms with van der Waals surface area (Å²) in [6.07, 6.45) is 2.10. The van der Waals surface area contributed by atoms with E-state index in [0.29, 0.717) is 13.2 Å². The Bertz CT molecular complexity index is 892. The first-order valence-corrected chi connectivity index (χ1v) is 10.5. The molecule has 1 aliphatic rings. The van der Waals surface area contributed by atoms with Gasteiger partial charge in [0.2, 0.25) is 0 Å². The molecule has 1 aromatic heterocycles. The molecule has 9 heteroatoms. The topological polar surface area (TPSA) is 100.0 Å². The molecule has 0 aliphatic carbocycles. The fourth-order valence-corrected chi connectivity index (χ4v) is 4.41. The minimum atomic E-state index is -1.29. The van der Waals surface area contributed by atoms with E-state index in [4.69, 9.17) is 9.84 Å². The largest absolute Gasteiger partial charge is 0.478 e. The zero-order valence-corrected chi connectivity index (χ0v) is 17.7. The van der Waals surface area contributed by atoms with Gasteiger partial charge < -0.3 is 19.8 Å². The number of morpholine rings is 1. The predicted molar refractivity (Wildman–Crippen MR) is 112 cm³/mol. The maximum Gasteiger partial charge on any atom is 0.352 e. The van der Waals surface area contributed by atoms with Crippen LogP contribution >= 0.6 is 27.7 Å². The number of nitrogens with zero attached hydrogens (tertiary/aromatic N) is 2. The molecular weight excluding hydrogens is 460 g/mol. The molecule has 152 valence electrons. The molecule has 7 nitrogen and oxygen atoms in total. The van der Waals surface area contributed by atoms with Crippen LogP contribution in [-0.2, 0) is 14.3 Å². The lowest BCUT2D eigenvalue weighted by Gasteiger charge is -2.38. The van der Waals surface area contributed by atoms with Crippen LogP contribution in [0.2, 0.25) is 0 Å². The molecule has 29 heavy (non-hydrogen) atoms. The molecule has 0 radical (unpaired) electrons. The summed E-state index contributed by atoms with van der Waals surface area (Å²) in [7, 11) is 0. The van der Waals surface area contributed by atoms with E-state index in [1.807, 2.05) is 42.5 Å². The molecule has 2 aromatic rings. The second-order valence-corrected chi connectivity index (χ2v) is 8.37. The molecule has 0 saturated carbocycles. The second kappa shape index (κ2) is 9.91. The summed E-state index contributed by atoms with van der Waals surface area (Å²) in [6, 6.07) is 13.6. The third-order valence-corrected chi connectivity index (χ3v) is 6.11. The Labute approximate surface area is 180 Å². The maximum atomic E-state index is 11.6. The lowest BCUT2D eigenvalue weighted by molar-refractivity contribution is -0.137. The van der Waals surface area contributed by atoms with Crippen LogP contribution < -0.4 is 0 Å². The van der Waals surface area contributed by atoms with Gasteiger partial charge in [-0.2, -0.15) is 0 Å². The Morgan fingerprint density at radius 1 is 1.24 bits per heavy atom. The first kappa shape index (κ1) is 21.4. The van der Waals surface area contributed by atoms with E-state index in [1.165, 1.54) is 11.8 Å². The van der Waals surface area contributed by atoms with Gasteiger partial charge in [-0.15, -0.1) is 0 Å². The number of carboxylic acid groups (broad SMARTS) is 2. The lowest BCUT2D eigenvalue weighted by Crippen LogP contribution is -2.45. The van der Waals surface area contributed by atoms with Crippen molar-refractivity contribution in [3.8, 4) is 0 Å². The molecule has 0 spiro atoms. The van der Waals surface area contributed by atoms with Crippen molar-refractivity contribution in [3.05, 3.63) is 70.5 Å². The van der Waals surface area contributed by atoms with Crippen molar-refractivity contribution in [2.24, 2.45) is 0 Å². The van der Waals surface area contributed by atoms with Gasteiger partial charge in [0.05, 0.1) is 29.1 Å². The Balaban J connectivity index is 1.87. The van der Waals surface area contributed by atoms with Crippen LogP contribution in [0.4, 0.5) is 0 Å². The Morgan fingerprint density at radius 3 is 2.62 bits per heavy atom. The minimum absolute atomic E-state index is 0.146. The van der Waals surface area contributed by atoms with Gasteiger partial charge in [-0.25, -0.2) is 14.6 Å². The predicted octanol–water partition coefficient (Wildman–Crippen LogP) is 3.43. The summed E-state index contributed by atoms with van der Waals surface area (Å²) in [4.78, 5) is 28.6. The van der Waals surface area contributed by atoms with Crippen LogP contribution in [0.15, 0.2) is 69.9 Å². The minimum Gasteiger partial charge on any atom is -0.478 e. The standard InChI is InChI=1S/C20H19BrN2O5S/c21-14-6-7-17(22-11-14)29-19(13-4-2-1-3-5-13)16-12-23(8-9-28-16)15(20(26)27)10-18(24)25/h1-7,10-11,16,19H,8-9,12H2,(H,24,25)(H,26,27)/b15-10-/t16-,19-/m0/s1. The summed E-state index contributed by atoms with van der Waals surface area (Å²) in [5, 5.41) is 19.1.